The van der Waals surface area contributed by atoms with Gasteiger partial charge in [0, 0.05) is 22.3 Å². The number of halogens is 1. The molecular formula is C17H15BrN2O2. The normalized spacial score (nSPS) is 10.7. The quantitative estimate of drug-likeness (QED) is 0.696. The molecule has 0 bridgehead atoms. The lowest BCUT2D eigenvalue weighted by molar-refractivity contribution is 0.394. The number of aromatic nitrogens is 2. The molecule has 3 rings (SSSR count). The van der Waals surface area contributed by atoms with Gasteiger partial charge in [-0.2, -0.15) is 0 Å². The van der Waals surface area contributed by atoms with Gasteiger partial charge < -0.3 is 9.47 Å². The van der Waals surface area contributed by atoms with E-state index in [4.69, 9.17) is 9.47 Å². The van der Waals surface area contributed by atoms with Gasteiger partial charge in [0.25, 0.3) is 0 Å². The van der Waals surface area contributed by atoms with Gasteiger partial charge in [-0.15, -0.1) is 0 Å². The van der Waals surface area contributed by atoms with E-state index < -0.39 is 0 Å². The molecule has 3 aromatic rings. The summed E-state index contributed by atoms with van der Waals surface area (Å²) in [6.07, 6.45) is 1.77. The van der Waals surface area contributed by atoms with Gasteiger partial charge in [0.1, 0.15) is 17.0 Å². The average Bonchev–Trinajstić information content (AvgIpc) is 2.55. The molecule has 4 nitrogen and oxygen atoms in total. The molecule has 0 unspecified atom stereocenters. The Hall–Kier alpha value is -2.14. The summed E-state index contributed by atoms with van der Waals surface area (Å²) in [6.45, 7) is 1.93. The van der Waals surface area contributed by atoms with Gasteiger partial charge in [-0.25, -0.2) is 4.98 Å². The van der Waals surface area contributed by atoms with Crippen molar-refractivity contribution in [2.24, 2.45) is 0 Å². The fourth-order valence-electron chi connectivity index (χ4n) is 2.35. The predicted octanol–water partition coefficient (Wildman–Crippen LogP) is 4.38. The summed E-state index contributed by atoms with van der Waals surface area (Å²) in [6, 6.07) is 9.78. The smallest absolute Gasteiger partial charge is 0.123 e. The first-order valence-corrected chi connectivity index (χ1v) is 7.57. The van der Waals surface area contributed by atoms with Crippen molar-refractivity contribution in [1.29, 1.82) is 0 Å². The second-order valence-electron chi connectivity index (χ2n) is 4.90. The van der Waals surface area contributed by atoms with Crippen LogP contribution in [0.2, 0.25) is 0 Å². The summed E-state index contributed by atoms with van der Waals surface area (Å²) in [4.78, 5) is 9.13. The average molecular weight is 359 g/mol. The lowest BCUT2D eigenvalue weighted by atomic mass is 10.0. The van der Waals surface area contributed by atoms with Gasteiger partial charge in [-0.05, 0) is 46.6 Å². The van der Waals surface area contributed by atoms with E-state index in [2.05, 4.69) is 25.9 Å². The first-order valence-electron chi connectivity index (χ1n) is 6.77. The molecule has 112 valence electrons. The highest BCUT2D eigenvalue weighted by atomic mass is 79.9. The standard InChI is InChI=1S/C17H15BrN2O2/c1-10-9-19-16-14(4-5-15(18)17(16)20-10)11-6-12(21-2)8-13(7-11)22-3/h4-9H,1-3H3. The molecule has 0 aliphatic rings. The van der Waals surface area contributed by atoms with Crippen molar-refractivity contribution in [3.05, 3.63) is 46.7 Å². The Labute approximate surface area is 137 Å². The van der Waals surface area contributed by atoms with Crippen molar-refractivity contribution in [3.8, 4) is 22.6 Å². The van der Waals surface area contributed by atoms with E-state index >= 15 is 0 Å². The minimum Gasteiger partial charge on any atom is -0.497 e. The van der Waals surface area contributed by atoms with Crippen molar-refractivity contribution in [2.45, 2.75) is 6.92 Å². The van der Waals surface area contributed by atoms with Crippen LogP contribution in [0.25, 0.3) is 22.2 Å². The molecule has 0 aliphatic carbocycles. The molecule has 22 heavy (non-hydrogen) atoms. The van der Waals surface area contributed by atoms with Crippen molar-refractivity contribution in [3.63, 3.8) is 0 Å². The molecule has 0 atom stereocenters. The monoisotopic (exact) mass is 358 g/mol. The summed E-state index contributed by atoms with van der Waals surface area (Å²) < 4.78 is 11.6. The van der Waals surface area contributed by atoms with Crippen LogP contribution < -0.4 is 9.47 Å². The van der Waals surface area contributed by atoms with Crippen LogP contribution in [0.15, 0.2) is 41.0 Å². The molecule has 5 heteroatoms. The van der Waals surface area contributed by atoms with E-state index in [0.717, 1.165) is 43.8 Å². The molecule has 0 aliphatic heterocycles. The zero-order chi connectivity index (χ0) is 15.7. The van der Waals surface area contributed by atoms with Gasteiger partial charge in [0.15, 0.2) is 0 Å². The van der Waals surface area contributed by atoms with Crippen LogP contribution in [0.3, 0.4) is 0 Å². The first-order chi connectivity index (χ1) is 10.6. The highest BCUT2D eigenvalue weighted by molar-refractivity contribution is 9.10. The molecule has 0 N–H and O–H groups in total. The maximum atomic E-state index is 5.35. The Kier molecular flexibility index (Phi) is 3.98. The Morgan fingerprint density at radius 2 is 1.64 bits per heavy atom. The third-order valence-electron chi connectivity index (χ3n) is 3.43. The van der Waals surface area contributed by atoms with E-state index in [1.807, 2.05) is 37.3 Å². The maximum Gasteiger partial charge on any atom is 0.123 e. The minimum absolute atomic E-state index is 0.741. The summed E-state index contributed by atoms with van der Waals surface area (Å²) in [7, 11) is 3.28. The van der Waals surface area contributed by atoms with Crippen LogP contribution >= 0.6 is 15.9 Å². The Bertz CT molecular complexity index is 827. The molecule has 0 spiro atoms. The topological polar surface area (TPSA) is 44.2 Å². The molecule has 0 radical (unpaired) electrons. The summed E-state index contributed by atoms with van der Waals surface area (Å²) >= 11 is 3.54. The number of nitrogens with zero attached hydrogens (tertiary/aromatic N) is 2. The molecule has 0 saturated carbocycles. The van der Waals surface area contributed by atoms with Crippen LogP contribution in [0, 0.1) is 6.92 Å². The van der Waals surface area contributed by atoms with Gasteiger partial charge in [0.2, 0.25) is 0 Å². The van der Waals surface area contributed by atoms with E-state index in [1.165, 1.54) is 0 Å². The highest BCUT2D eigenvalue weighted by Crippen LogP contribution is 2.35. The Balaban J connectivity index is 2.29. The van der Waals surface area contributed by atoms with Crippen molar-refractivity contribution in [1.82, 2.24) is 9.97 Å². The Morgan fingerprint density at radius 1 is 0.955 bits per heavy atom. The lowest BCUT2D eigenvalue weighted by Crippen LogP contribution is -1.93. The fraction of sp³-hybridized carbons (Fsp3) is 0.176. The maximum absolute atomic E-state index is 5.35. The van der Waals surface area contributed by atoms with E-state index in [0.29, 0.717) is 0 Å². The SMILES string of the molecule is COc1cc(OC)cc(-c2ccc(Br)c3nc(C)cnc23)c1. The number of aryl methyl sites for hydroxylation is 1. The van der Waals surface area contributed by atoms with Crippen molar-refractivity contribution < 1.29 is 9.47 Å². The molecule has 0 amide bonds. The summed E-state index contributed by atoms with van der Waals surface area (Å²) in [5, 5.41) is 0. The van der Waals surface area contributed by atoms with Gasteiger partial charge in [-0.3, -0.25) is 4.98 Å². The largest absolute Gasteiger partial charge is 0.497 e. The predicted molar refractivity (Wildman–Crippen MR) is 90.5 cm³/mol. The fourth-order valence-corrected chi connectivity index (χ4v) is 2.76. The lowest BCUT2D eigenvalue weighted by Gasteiger charge is -2.11. The van der Waals surface area contributed by atoms with Gasteiger partial charge in [-0.1, -0.05) is 6.07 Å². The second-order valence-corrected chi connectivity index (χ2v) is 5.76. The molecule has 2 aromatic carbocycles. The summed E-state index contributed by atoms with van der Waals surface area (Å²) in [5.41, 5.74) is 4.54. The molecule has 1 heterocycles. The minimum atomic E-state index is 0.741. The number of benzene rings is 2. The van der Waals surface area contributed by atoms with E-state index in [9.17, 15) is 0 Å². The van der Waals surface area contributed by atoms with Crippen LogP contribution in [-0.4, -0.2) is 24.2 Å². The Morgan fingerprint density at radius 3 is 2.27 bits per heavy atom. The zero-order valence-electron chi connectivity index (χ0n) is 12.6. The van der Waals surface area contributed by atoms with Crippen LogP contribution in [-0.2, 0) is 0 Å². The number of ether oxygens (including phenoxy) is 2. The zero-order valence-corrected chi connectivity index (χ0v) is 14.1. The van der Waals surface area contributed by atoms with Crippen molar-refractivity contribution >= 4 is 27.0 Å². The van der Waals surface area contributed by atoms with Crippen LogP contribution in [0.1, 0.15) is 5.69 Å². The summed E-state index contributed by atoms with van der Waals surface area (Å²) in [5.74, 6) is 1.48. The van der Waals surface area contributed by atoms with Gasteiger partial charge in [0.05, 0.1) is 25.4 Å². The number of methoxy groups -OCH3 is 2. The molecule has 0 fully saturated rings. The number of rotatable bonds is 3. The van der Waals surface area contributed by atoms with Crippen LogP contribution in [0.5, 0.6) is 11.5 Å². The third kappa shape index (κ3) is 2.64. The molecule has 1 aromatic heterocycles. The first kappa shape index (κ1) is 14.8. The highest BCUT2D eigenvalue weighted by Gasteiger charge is 2.12. The van der Waals surface area contributed by atoms with E-state index in [1.54, 1.807) is 20.4 Å². The van der Waals surface area contributed by atoms with Crippen LogP contribution in [0.4, 0.5) is 0 Å². The second kappa shape index (κ2) is 5.93. The third-order valence-corrected chi connectivity index (χ3v) is 4.07. The number of hydrogen-bond acceptors (Lipinski definition) is 4. The van der Waals surface area contributed by atoms with Gasteiger partial charge >= 0.3 is 0 Å². The number of hydrogen-bond donors (Lipinski definition) is 0. The molecule has 0 saturated heterocycles. The van der Waals surface area contributed by atoms with E-state index in [-0.39, 0.29) is 0 Å². The number of fused-ring (bicyclic) bond motifs is 1. The molecular weight excluding hydrogens is 344 g/mol. The van der Waals surface area contributed by atoms with Crippen molar-refractivity contribution in [2.75, 3.05) is 14.2 Å².